The van der Waals surface area contributed by atoms with Gasteiger partial charge in [-0.15, -0.1) is 0 Å². The minimum Gasteiger partial charge on any atom is -0.305 e. The van der Waals surface area contributed by atoms with Crippen molar-refractivity contribution in [2.45, 2.75) is 26.2 Å². The Hall–Kier alpha value is -1.64. The van der Waals surface area contributed by atoms with Crippen molar-refractivity contribution >= 4 is 17.4 Å². The average Bonchev–Trinajstić information content (AvgIpc) is 2.60. The Kier molecular flexibility index (Phi) is 2.77. The molecule has 3 nitrogen and oxygen atoms in total. The number of anilines is 1. The van der Waals surface area contributed by atoms with Crippen LogP contribution >= 0.6 is 0 Å². The van der Waals surface area contributed by atoms with E-state index in [2.05, 4.69) is 13.8 Å². The van der Waals surface area contributed by atoms with Crippen molar-refractivity contribution in [3.05, 3.63) is 29.8 Å². The summed E-state index contributed by atoms with van der Waals surface area (Å²) in [7, 11) is 0. The van der Waals surface area contributed by atoms with E-state index in [9.17, 15) is 9.59 Å². The summed E-state index contributed by atoms with van der Waals surface area (Å²) in [6.07, 6.45) is 0.339. The number of ketones is 1. The van der Waals surface area contributed by atoms with Gasteiger partial charge in [0.2, 0.25) is 5.78 Å². The monoisotopic (exact) mass is 217 g/mol. The van der Waals surface area contributed by atoms with Gasteiger partial charge in [-0.05, 0) is 17.5 Å². The van der Waals surface area contributed by atoms with Gasteiger partial charge in [0.15, 0.2) is 0 Å². The van der Waals surface area contributed by atoms with Crippen LogP contribution in [0.4, 0.5) is 5.69 Å². The molecule has 1 aliphatic heterocycles. The summed E-state index contributed by atoms with van der Waals surface area (Å²) in [6.45, 7) is 4.68. The zero-order chi connectivity index (χ0) is 11.7. The molecule has 1 amide bonds. The lowest BCUT2D eigenvalue weighted by Crippen LogP contribution is -2.28. The third-order valence-corrected chi connectivity index (χ3v) is 2.90. The molecule has 0 aliphatic carbocycles. The van der Waals surface area contributed by atoms with Crippen molar-refractivity contribution in [3.63, 3.8) is 0 Å². The van der Waals surface area contributed by atoms with Crippen molar-refractivity contribution < 1.29 is 9.59 Å². The zero-order valence-corrected chi connectivity index (χ0v) is 9.56. The van der Waals surface area contributed by atoms with Crippen molar-refractivity contribution in [1.29, 1.82) is 0 Å². The Morgan fingerprint density at radius 2 is 1.88 bits per heavy atom. The van der Waals surface area contributed by atoms with E-state index < -0.39 is 0 Å². The summed E-state index contributed by atoms with van der Waals surface area (Å²) in [5, 5.41) is 0. The Balaban J connectivity index is 2.41. The summed E-state index contributed by atoms with van der Waals surface area (Å²) in [4.78, 5) is 24.5. The highest BCUT2D eigenvalue weighted by atomic mass is 16.2. The normalized spacial score (nSPS) is 16.3. The second kappa shape index (κ2) is 4.08. The number of para-hydroxylation sites is 1. The van der Waals surface area contributed by atoms with Crippen LogP contribution in [0.5, 0.6) is 0 Å². The van der Waals surface area contributed by atoms with Crippen molar-refractivity contribution in [1.82, 2.24) is 0 Å². The standard InChI is InChI=1S/C13H15NO2/c1-9(2)10-5-3-4-6-11(10)14-8-7-12(15)13(14)16/h3-6,9H,7-8H2,1-2H3. The molecule has 1 aliphatic rings. The summed E-state index contributed by atoms with van der Waals surface area (Å²) in [5.74, 6) is -0.300. The van der Waals surface area contributed by atoms with Crippen LogP contribution in [0.3, 0.4) is 0 Å². The number of nitrogens with zero attached hydrogens (tertiary/aromatic N) is 1. The Bertz CT molecular complexity index is 437. The molecule has 3 heteroatoms. The predicted molar refractivity (Wildman–Crippen MR) is 62.5 cm³/mol. The Morgan fingerprint density at radius 3 is 2.44 bits per heavy atom. The molecular weight excluding hydrogens is 202 g/mol. The molecule has 1 fully saturated rings. The number of hydrogen-bond acceptors (Lipinski definition) is 2. The maximum Gasteiger partial charge on any atom is 0.294 e. The molecule has 2 rings (SSSR count). The van der Waals surface area contributed by atoms with Gasteiger partial charge in [0.05, 0.1) is 0 Å². The minimum absolute atomic E-state index is 0.279. The third-order valence-electron chi connectivity index (χ3n) is 2.90. The van der Waals surface area contributed by atoms with E-state index in [4.69, 9.17) is 0 Å². The Labute approximate surface area is 95.1 Å². The van der Waals surface area contributed by atoms with Crippen LogP contribution in [0.1, 0.15) is 31.7 Å². The van der Waals surface area contributed by atoms with Crippen molar-refractivity contribution in [2.24, 2.45) is 0 Å². The van der Waals surface area contributed by atoms with Crippen molar-refractivity contribution in [3.8, 4) is 0 Å². The molecular formula is C13H15NO2. The number of carbonyl (C=O) groups excluding carboxylic acids is 2. The summed E-state index contributed by atoms with van der Waals surface area (Å²) in [6, 6.07) is 7.78. The largest absolute Gasteiger partial charge is 0.305 e. The SMILES string of the molecule is CC(C)c1ccccc1N1CCC(=O)C1=O. The first-order valence-corrected chi connectivity index (χ1v) is 5.55. The number of amides is 1. The highest BCUT2D eigenvalue weighted by Crippen LogP contribution is 2.29. The highest BCUT2D eigenvalue weighted by molar-refractivity contribution is 6.43. The zero-order valence-electron chi connectivity index (χ0n) is 9.56. The molecule has 1 aromatic rings. The average molecular weight is 217 g/mol. The van der Waals surface area contributed by atoms with Gasteiger partial charge in [-0.3, -0.25) is 9.59 Å². The summed E-state index contributed by atoms with van der Waals surface area (Å²) < 4.78 is 0. The first kappa shape index (κ1) is 10.9. The molecule has 0 aromatic heterocycles. The molecule has 1 saturated heterocycles. The van der Waals surface area contributed by atoms with Crippen LogP contribution < -0.4 is 4.90 Å². The second-order valence-electron chi connectivity index (χ2n) is 4.34. The van der Waals surface area contributed by atoms with Gasteiger partial charge in [0.1, 0.15) is 0 Å². The van der Waals surface area contributed by atoms with E-state index in [0.29, 0.717) is 18.9 Å². The lowest BCUT2D eigenvalue weighted by molar-refractivity contribution is -0.133. The molecule has 0 saturated carbocycles. The smallest absolute Gasteiger partial charge is 0.294 e. The molecule has 84 valence electrons. The molecule has 0 atom stereocenters. The molecule has 0 bridgehead atoms. The summed E-state index contributed by atoms with van der Waals surface area (Å²) in [5.41, 5.74) is 2.00. The second-order valence-corrected chi connectivity index (χ2v) is 4.34. The molecule has 0 spiro atoms. The van der Waals surface area contributed by atoms with Crippen molar-refractivity contribution in [2.75, 3.05) is 11.4 Å². The van der Waals surface area contributed by atoms with Gasteiger partial charge >= 0.3 is 0 Å². The van der Waals surface area contributed by atoms with Crippen LogP contribution in [0.25, 0.3) is 0 Å². The lowest BCUT2D eigenvalue weighted by atomic mass is 10.0. The van der Waals surface area contributed by atoms with E-state index in [1.54, 1.807) is 4.90 Å². The summed E-state index contributed by atoms with van der Waals surface area (Å²) >= 11 is 0. The lowest BCUT2D eigenvalue weighted by Gasteiger charge is -2.20. The van der Waals surface area contributed by atoms with E-state index in [0.717, 1.165) is 11.3 Å². The molecule has 1 aromatic carbocycles. The van der Waals surface area contributed by atoms with Gasteiger partial charge in [-0.1, -0.05) is 32.0 Å². The van der Waals surface area contributed by atoms with E-state index in [-0.39, 0.29) is 11.7 Å². The number of rotatable bonds is 2. The number of hydrogen-bond donors (Lipinski definition) is 0. The van der Waals surface area contributed by atoms with E-state index >= 15 is 0 Å². The van der Waals surface area contributed by atoms with E-state index in [1.165, 1.54) is 0 Å². The minimum atomic E-state index is -0.367. The topological polar surface area (TPSA) is 37.4 Å². The van der Waals surface area contributed by atoms with Gasteiger partial charge in [0, 0.05) is 18.7 Å². The van der Waals surface area contributed by atoms with Gasteiger partial charge < -0.3 is 4.90 Å². The maximum absolute atomic E-state index is 11.7. The van der Waals surface area contributed by atoms with Gasteiger partial charge in [-0.2, -0.15) is 0 Å². The van der Waals surface area contributed by atoms with Crippen LogP contribution in [0.15, 0.2) is 24.3 Å². The Morgan fingerprint density at radius 1 is 1.19 bits per heavy atom. The maximum atomic E-state index is 11.7. The quantitative estimate of drug-likeness (QED) is 0.711. The number of carbonyl (C=O) groups is 2. The highest BCUT2D eigenvalue weighted by Gasteiger charge is 2.31. The fourth-order valence-corrected chi connectivity index (χ4v) is 2.02. The first-order valence-electron chi connectivity index (χ1n) is 5.55. The van der Waals surface area contributed by atoms with E-state index in [1.807, 2.05) is 24.3 Å². The fourth-order valence-electron chi connectivity index (χ4n) is 2.02. The molecule has 0 radical (unpaired) electrons. The third kappa shape index (κ3) is 1.73. The van der Waals surface area contributed by atoms with Gasteiger partial charge in [0.25, 0.3) is 5.91 Å². The molecule has 0 N–H and O–H groups in total. The van der Waals surface area contributed by atoms with Crippen LogP contribution in [-0.2, 0) is 9.59 Å². The predicted octanol–water partition coefficient (Wildman–Crippen LogP) is 2.12. The fraction of sp³-hybridized carbons (Fsp3) is 0.385. The molecule has 1 heterocycles. The van der Waals surface area contributed by atoms with Crippen LogP contribution in [0, 0.1) is 0 Å². The van der Waals surface area contributed by atoms with Crippen LogP contribution in [-0.4, -0.2) is 18.2 Å². The van der Waals surface area contributed by atoms with Crippen LogP contribution in [0.2, 0.25) is 0 Å². The molecule has 0 unspecified atom stereocenters. The first-order chi connectivity index (χ1) is 7.61. The number of Topliss-reactive ketones (excluding diaryl/α,β-unsaturated/α-hetero) is 1. The van der Waals surface area contributed by atoms with Gasteiger partial charge in [-0.25, -0.2) is 0 Å². The molecule has 16 heavy (non-hydrogen) atoms. The number of benzene rings is 1.